The molecule has 0 spiro atoms. The van der Waals surface area contributed by atoms with Gasteiger partial charge in [-0.05, 0) is 31.9 Å². The Kier molecular flexibility index (Phi) is 8.00. The third kappa shape index (κ3) is 5.25. The molecule has 1 aromatic carbocycles. The normalized spacial score (nSPS) is 16.3. The minimum Gasteiger partial charge on any atom is -0.334 e. The van der Waals surface area contributed by atoms with Crippen molar-refractivity contribution in [3.63, 3.8) is 0 Å². The van der Waals surface area contributed by atoms with E-state index in [2.05, 4.69) is 10.4 Å². The zero-order valence-corrected chi connectivity index (χ0v) is 16.0. The van der Waals surface area contributed by atoms with Gasteiger partial charge in [-0.25, -0.2) is 4.98 Å². The fraction of sp³-hybridized carbons (Fsp3) is 0.333. The summed E-state index contributed by atoms with van der Waals surface area (Å²) in [6.45, 7) is 2.67. The number of anilines is 1. The molecular formula is C18H24Cl2N4O. The number of nitrogens with one attached hydrogen (secondary N) is 1. The molecule has 1 aromatic heterocycles. The van der Waals surface area contributed by atoms with E-state index in [0.29, 0.717) is 6.54 Å². The number of benzene rings is 1. The first kappa shape index (κ1) is 21.1. The highest BCUT2D eigenvalue weighted by Crippen LogP contribution is 2.22. The van der Waals surface area contributed by atoms with Crippen LogP contribution in [0.15, 0.2) is 54.5 Å². The molecule has 1 aliphatic rings. The van der Waals surface area contributed by atoms with Gasteiger partial charge >= 0.3 is 0 Å². The van der Waals surface area contributed by atoms with Gasteiger partial charge in [0.05, 0.1) is 5.69 Å². The highest BCUT2D eigenvalue weighted by molar-refractivity contribution is 5.93. The highest BCUT2D eigenvalue weighted by atomic mass is 35.5. The minimum atomic E-state index is 0. The molecule has 0 radical (unpaired) electrons. The number of hydrogen-bond acceptors (Lipinski definition) is 4. The van der Waals surface area contributed by atoms with Crippen LogP contribution in [0.2, 0.25) is 0 Å². The molecule has 0 amide bonds. The largest absolute Gasteiger partial charge is 0.334 e. The summed E-state index contributed by atoms with van der Waals surface area (Å²) in [5.41, 5.74) is 5.35. The predicted octanol–water partition coefficient (Wildman–Crippen LogP) is 3.54. The van der Waals surface area contributed by atoms with E-state index in [-0.39, 0.29) is 36.5 Å². The Morgan fingerprint density at radius 2 is 2.00 bits per heavy atom. The Bertz CT molecular complexity index is 715. The third-order valence-electron chi connectivity index (χ3n) is 4.28. The van der Waals surface area contributed by atoms with Gasteiger partial charge in [0.2, 0.25) is 0 Å². The van der Waals surface area contributed by atoms with Crippen LogP contribution in [0.4, 0.5) is 5.69 Å². The molecule has 25 heavy (non-hydrogen) atoms. The molecule has 0 bridgehead atoms. The Balaban J connectivity index is 0.00000156. The Morgan fingerprint density at radius 3 is 2.60 bits per heavy atom. The van der Waals surface area contributed by atoms with Crippen molar-refractivity contribution in [1.29, 1.82) is 0 Å². The molecule has 0 fully saturated rings. The first-order valence-corrected chi connectivity index (χ1v) is 7.91. The molecule has 136 valence electrons. The van der Waals surface area contributed by atoms with Crippen LogP contribution in [0.25, 0.3) is 0 Å². The number of halogens is 2. The summed E-state index contributed by atoms with van der Waals surface area (Å²) in [5, 5.41) is 1.94. The Hall–Kier alpha value is -1.98. The average Bonchev–Trinajstić information content (AvgIpc) is 2.96. The van der Waals surface area contributed by atoms with E-state index in [1.165, 1.54) is 0 Å². The molecule has 7 heteroatoms. The number of carbonyl (C=O) groups is 1. The van der Waals surface area contributed by atoms with Crippen molar-refractivity contribution in [1.82, 2.24) is 15.0 Å². The molecule has 1 N–H and O–H groups in total. The van der Waals surface area contributed by atoms with Gasteiger partial charge < -0.3 is 9.99 Å². The number of rotatable bonds is 5. The molecule has 1 atom stereocenters. The van der Waals surface area contributed by atoms with Crippen molar-refractivity contribution in [3.8, 4) is 0 Å². The second-order valence-corrected chi connectivity index (χ2v) is 5.94. The number of para-hydroxylation sites is 1. The van der Waals surface area contributed by atoms with Crippen LogP contribution in [0.5, 0.6) is 0 Å². The van der Waals surface area contributed by atoms with Gasteiger partial charge in [0.25, 0.3) is 0 Å². The van der Waals surface area contributed by atoms with Gasteiger partial charge in [0, 0.05) is 43.7 Å². The molecule has 1 heterocycles. The smallest absolute Gasteiger partial charge is 0.162 e. The first-order valence-electron chi connectivity index (χ1n) is 7.91. The van der Waals surface area contributed by atoms with Crippen LogP contribution in [0.1, 0.15) is 18.7 Å². The zero-order valence-electron chi connectivity index (χ0n) is 14.4. The average molecular weight is 383 g/mol. The van der Waals surface area contributed by atoms with Crippen molar-refractivity contribution >= 4 is 36.3 Å². The summed E-state index contributed by atoms with van der Waals surface area (Å²) in [6.07, 6.45) is 7.20. The molecule has 1 unspecified atom stereocenters. The van der Waals surface area contributed by atoms with E-state index in [4.69, 9.17) is 0 Å². The second-order valence-electron chi connectivity index (χ2n) is 5.94. The molecule has 5 nitrogen and oxygen atoms in total. The predicted molar refractivity (Wildman–Crippen MR) is 105 cm³/mol. The van der Waals surface area contributed by atoms with Crippen LogP contribution < -0.4 is 10.4 Å². The summed E-state index contributed by atoms with van der Waals surface area (Å²) in [6, 6.07) is 10.0. The van der Waals surface area contributed by atoms with Crippen molar-refractivity contribution in [2.75, 3.05) is 12.1 Å². The van der Waals surface area contributed by atoms with E-state index in [1.54, 1.807) is 12.3 Å². The lowest BCUT2D eigenvalue weighted by atomic mass is 9.91. The van der Waals surface area contributed by atoms with E-state index in [1.807, 2.05) is 60.1 Å². The molecule has 0 saturated heterocycles. The molecule has 2 aromatic rings. The zero-order chi connectivity index (χ0) is 16.2. The van der Waals surface area contributed by atoms with Gasteiger partial charge in [-0.1, -0.05) is 18.2 Å². The lowest BCUT2D eigenvalue weighted by molar-refractivity contribution is -0.119. The fourth-order valence-corrected chi connectivity index (χ4v) is 2.87. The van der Waals surface area contributed by atoms with Gasteiger partial charge in [-0.15, -0.1) is 24.8 Å². The van der Waals surface area contributed by atoms with Gasteiger partial charge in [-0.3, -0.25) is 9.80 Å². The Morgan fingerprint density at radius 1 is 1.28 bits per heavy atom. The number of aromatic nitrogens is 2. The summed E-state index contributed by atoms with van der Waals surface area (Å²) in [7, 11) is 1.96. The maximum absolute atomic E-state index is 12.4. The molecular weight excluding hydrogens is 359 g/mol. The molecule has 1 aliphatic carbocycles. The maximum atomic E-state index is 12.4. The number of carbonyl (C=O) groups excluding carboxylic acids is 1. The third-order valence-corrected chi connectivity index (χ3v) is 4.28. The van der Waals surface area contributed by atoms with Crippen LogP contribution >= 0.6 is 24.8 Å². The number of allylic oxidation sites excluding steroid dienone is 2. The number of ketones is 1. The number of hydrazine groups is 1. The number of hydrogen-bond donors (Lipinski definition) is 1. The van der Waals surface area contributed by atoms with E-state index in [9.17, 15) is 4.79 Å². The fourth-order valence-electron chi connectivity index (χ4n) is 2.87. The van der Waals surface area contributed by atoms with E-state index in [0.717, 1.165) is 30.1 Å². The molecule has 0 aliphatic heterocycles. The van der Waals surface area contributed by atoms with Crippen molar-refractivity contribution in [2.24, 2.45) is 5.92 Å². The number of imidazole rings is 1. The Labute approximate surface area is 160 Å². The quantitative estimate of drug-likeness (QED) is 0.803. The van der Waals surface area contributed by atoms with Gasteiger partial charge in [-0.2, -0.15) is 0 Å². The topological polar surface area (TPSA) is 50.2 Å². The van der Waals surface area contributed by atoms with E-state index < -0.39 is 0 Å². The SMILES string of the molecule is Cc1nccn1CC1CCC(NN(C)c2ccccc2)=CC1=O.Cl.Cl. The van der Waals surface area contributed by atoms with Gasteiger partial charge in [0.15, 0.2) is 5.78 Å². The van der Waals surface area contributed by atoms with Crippen molar-refractivity contribution < 1.29 is 4.79 Å². The summed E-state index contributed by atoms with van der Waals surface area (Å²) >= 11 is 0. The van der Waals surface area contributed by atoms with Crippen LogP contribution in [0, 0.1) is 12.8 Å². The van der Waals surface area contributed by atoms with Gasteiger partial charge in [0.1, 0.15) is 5.82 Å². The molecule has 0 saturated carbocycles. The van der Waals surface area contributed by atoms with Crippen LogP contribution in [-0.4, -0.2) is 22.4 Å². The summed E-state index contributed by atoms with van der Waals surface area (Å²) in [4.78, 5) is 16.6. The van der Waals surface area contributed by atoms with Crippen molar-refractivity contribution in [3.05, 3.63) is 60.3 Å². The first-order chi connectivity index (χ1) is 11.1. The van der Waals surface area contributed by atoms with E-state index >= 15 is 0 Å². The summed E-state index contributed by atoms with van der Waals surface area (Å²) < 4.78 is 2.05. The lowest BCUT2D eigenvalue weighted by Gasteiger charge is -2.27. The second kappa shape index (κ2) is 9.49. The number of aryl methyl sites for hydroxylation is 1. The van der Waals surface area contributed by atoms with Crippen LogP contribution in [0.3, 0.4) is 0 Å². The lowest BCUT2D eigenvalue weighted by Crippen LogP contribution is -2.36. The van der Waals surface area contributed by atoms with Crippen LogP contribution in [-0.2, 0) is 11.3 Å². The standard InChI is InChI=1S/C18H22N4O.2ClH/c1-14-19-10-11-22(14)13-15-8-9-16(12-18(15)23)20-21(2)17-6-4-3-5-7-17;;/h3-7,10-12,15,20H,8-9,13H2,1-2H3;2*1H. The highest BCUT2D eigenvalue weighted by Gasteiger charge is 2.23. The molecule has 3 rings (SSSR count). The maximum Gasteiger partial charge on any atom is 0.162 e. The minimum absolute atomic E-state index is 0. The monoisotopic (exact) mass is 382 g/mol. The number of nitrogens with zero attached hydrogens (tertiary/aromatic N) is 3. The summed E-state index contributed by atoms with van der Waals surface area (Å²) in [5.74, 6) is 1.18. The van der Waals surface area contributed by atoms with Crippen molar-refractivity contribution in [2.45, 2.75) is 26.3 Å².